The molecule has 2 aromatic carbocycles. The van der Waals surface area contributed by atoms with E-state index in [0.717, 1.165) is 11.1 Å². The summed E-state index contributed by atoms with van der Waals surface area (Å²) in [5.41, 5.74) is 1.66. The molecule has 3 rings (SSSR count). The highest BCUT2D eigenvalue weighted by molar-refractivity contribution is 5.54. The quantitative estimate of drug-likeness (QED) is 0.814. The fourth-order valence-electron chi connectivity index (χ4n) is 3.05. The third kappa shape index (κ3) is 1.47. The fraction of sp³-hybridized carbons (Fsp3) is 0.176. The molecule has 0 spiro atoms. The number of nitrogens with zero attached hydrogens (tertiary/aromatic N) is 2. The van der Waals surface area contributed by atoms with Crippen LogP contribution in [0.25, 0.3) is 0 Å². The number of hydrogen-bond acceptors (Lipinski definition) is 2. The van der Waals surface area contributed by atoms with Crippen LogP contribution in [0.2, 0.25) is 0 Å². The summed E-state index contributed by atoms with van der Waals surface area (Å²) in [7, 11) is 0. The van der Waals surface area contributed by atoms with Crippen molar-refractivity contribution in [3.05, 3.63) is 71.8 Å². The van der Waals surface area contributed by atoms with Gasteiger partial charge in [0, 0.05) is 0 Å². The molecule has 1 saturated carbocycles. The van der Waals surface area contributed by atoms with Gasteiger partial charge in [0.25, 0.3) is 0 Å². The van der Waals surface area contributed by atoms with Crippen molar-refractivity contribution in [2.24, 2.45) is 11.8 Å². The number of rotatable bonds is 2. The smallest absolute Gasteiger partial charge is 0.0784 e. The first-order chi connectivity index (χ1) is 9.35. The van der Waals surface area contributed by atoms with Crippen LogP contribution >= 0.6 is 0 Å². The van der Waals surface area contributed by atoms with Crippen LogP contribution in [-0.2, 0) is 5.41 Å². The summed E-state index contributed by atoms with van der Waals surface area (Å²) in [6.45, 7) is 0. The Labute approximate surface area is 112 Å². The third-order valence-corrected chi connectivity index (χ3v) is 3.99. The van der Waals surface area contributed by atoms with E-state index in [2.05, 4.69) is 12.1 Å². The first kappa shape index (κ1) is 11.5. The van der Waals surface area contributed by atoms with E-state index in [4.69, 9.17) is 0 Å². The van der Waals surface area contributed by atoms with Gasteiger partial charge in [-0.15, -0.1) is 0 Å². The van der Waals surface area contributed by atoms with Crippen LogP contribution in [0.3, 0.4) is 0 Å². The Morgan fingerprint density at radius 2 is 1.05 bits per heavy atom. The molecule has 2 aromatic rings. The monoisotopic (exact) mass is 244 g/mol. The van der Waals surface area contributed by atoms with Crippen LogP contribution in [0.5, 0.6) is 0 Å². The molecule has 2 nitrogen and oxygen atoms in total. The summed E-state index contributed by atoms with van der Waals surface area (Å²) in [5.74, 6) is -0.524. The molecule has 0 aliphatic heterocycles. The zero-order valence-electron chi connectivity index (χ0n) is 10.3. The minimum atomic E-state index is -0.452. The molecule has 19 heavy (non-hydrogen) atoms. The van der Waals surface area contributed by atoms with Crippen molar-refractivity contribution in [2.75, 3.05) is 0 Å². The SMILES string of the molecule is N#CC1C(C#N)C1(c1ccccc1)c1ccccc1. The molecular formula is C17H12N2. The van der Waals surface area contributed by atoms with Gasteiger partial charge < -0.3 is 0 Å². The van der Waals surface area contributed by atoms with Gasteiger partial charge in [0.15, 0.2) is 0 Å². The van der Waals surface area contributed by atoms with Gasteiger partial charge in [0.1, 0.15) is 0 Å². The Hall–Kier alpha value is -2.58. The van der Waals surface area contributed by atoms with Gasteiger partial charge >= 0.3 is 0 Å². The maximum absolute atomic E-state index is 9.36. The maximum Gasteiger partial charge on any atom is 0.0784 e. The first-order valence-corrected chi connectivity index (χ1v) is 6.26. The summed E-state index contributed by atoms with van der Waals surface area (Å²) in [6.07, 6.45) is 0. The van der Waals surface area contributed by atoms with Gasteiger partial charge in [-0.1, -0.05) is 60.7 Å². The van der Waals surface area contributed by atoms with Gasteiger partial charge in [-0.25, -0.2) is 0 Å². The predicted molar refractivity (Wildman–Crippen MR) is 71.9 cm³/mol. The molecule has 0 aromatic heterocycles. The molecule has 2 unspecified atom stereocenters. The van der Waals surface area contributed by atoms with Crippen molar-refractivity contribution in [3.8, 4) is 12.1 Å². The van der Waals surface area contributed by atoms with E-state index in [1.165, 1.54) is 0 Å². The van der Waals surface area contributed by atoms with Crippen molar-refractivity contribution in [2.45, 2.75) is 5.41 Å². The topological polar surface area (TPSA) is 47.6 Å². The van der Waals surface area contributed by atoms with Crippen LogP contribution in [0.1, 0.15) is 11.1 Å². The third-order valence-electron chi connectivity index (χ3n) is 3.99. The van der Waals surface area contributed by atoms with Crippen molar-refractivity contribution in [3.63, 3.8) is 0 Å². The van der Waals surface area contributed by atoms with E-state index in [9.17, 15) is 10.5 Å². The molecule has 0 N–H and O–H groups in total. The molecule has 0 bridgehead atoms. The van der Waals surface area contributed by atoms with E-state index >= 15 is 0 Å². The lowest BCUT2D eigenvalue weighted by atomic mass is 9.84. The predicted octanol–water partition coefficient (Wildman–Crippen LogP) is 3.27. The molecule has 0 saturated heterocycles. The average Bonchev–Trinajstić information content (AvgIpc) is 3.18. The minimum Gasteiger partial charge on any atom is -0.198 e. The van der Waals surface area contributed by atoms with Crippen molar-refractivity contribution in [1.29, 1.82) is 10.5 Å². The lowest BCUT2D eigenvalue weighted by Crippen LogP contribution is -2.13. The average molecular weight is 244 g/mol. The maximum atomic E-state index is 9.36. The van der Waals surface area contributed by atoms with E-state index < -0.39 is 5.41 Å². The van der Waals surface area contributed by atoms with Gasteiger partial charge in [0.05, 0.1) is 29.4 Å². The minimum absolute atomic E-state index is 0.262. The lowest BCUT2D eigenvalue weighted by Gasteiger charge is -2.17. The van der Waals surface area contributed by atoms with Crippen LogP contribution in [0, 0.1) is 34.5 Å². The molecule has 0 amide bonds. The number of nitriles is 2. The first-order valence-electron chi connectivity index (χ1n) is 6.26. The Bertz CT molecular complexity index is 600. The summed E-state index contributed by atoms with van der Waals surface area (Å²) in [6, 6.07) is 24.4. The molecule has 90 valence electrons. The molecular weight excluding hydrogens is 232 g/mol. The molecule has 0 radical (unpaired) electrons. The van der Waals surface area contributed by atoms with Gasteiger partial charge in [0.2, 0.25) is 0 Å². The Balaban J connectivity index is 2.21. The van der Waals surface area contributed by atoms with E-state index in [0.29, 0.717) is 0 Å². The zero-order chi connectivity index (χ0) is 13.3. The summed E-state index contributed by atoms with van der Waals surface area (Å²) in [4.78, 5) is 0. The number of benzene rings is 2. The van der Waals surface area contributed by atoms with Gasteiger partial charge in [-0.05, 0) is 11.1 Å². The normalized spacial score (nSPS) is 23.1. The van der Waals surface area contributed by atoms with Crippen LogP contribution in [-0.4, -0.2) is 0 Å². The molecule has 1 fully saturated rings. The standard InChI is InChI=1S/C17H12N2/c18-11-15-16(12-19)17(15,13-7-3-1-4-8-13)14-9-5-2-6-10-14/h1-10,15-16H. The lowest BCUT2D eigenvalue weighted by molar-refractivity contribution is 0.774. The molecule has 1 aliphatic carbocycles. The van der Waals surface area contributed by atoms with Gasteiger partial charge in [-0.3, -0.25) is 0 Å². The Morgan fingerprint density at radius 1 is 0.684 bits per heavy atom. The van der Waals surface area contributed by atoms with Gasteiger partial charge in [-0.2, -0.15) is 10.5 Å². The highest BCUT2D eigenvalue weighted by Crippen LogP contribution is 2.63. The molecule has 0 heterocycles. The molecule has 2 atom stereocenters. The summed E-state index contributed by atoms with van der Waals surface area (Å²) < 4.78 is 0. The fourth-order valence-corrected chi connectivity index (χ4v) is 3.05. The van der Waals surface area contributed by atoms with Crippen LogP contribution < -0.4 is 0 Å². The molecule has 2 heteroatoms. The Kier molecular flexibility index (Phi) is 2.58. The summed E-state index contributed by atoms with van der Waals surface area (Å²) >= 11 is 0. The highest BCUT2D eigenvalue weighted by Gasteiger charge is 2.67. The summed E-state index contributed by atoms with van der Waals surface area (Å²) in [5, 5.41) is 18.7. The Morgan fingerprint density at radius 3 is 1.37 bits per heavy atom. The van der Waals surface area contributed by atoms with Crippen molar-refractivity contribution in [1.82, 2.24) is 0 Å². The van der Waals surface area contributed by atoms with Crippen molar-refractivity contribution < 1.29 is 0 Å². The second-order valence-electron chi connectivity index (χ2n) is 4.81. The van der Waals surface area contributed by atoms with E-state index in [1.54, 1.807) is 0 Å². The second kappa shape index (κ2) is 4.26. The van der Waals surface area contributed by atoms with Crippen LogP contribution in [0.15, 0.2) is 60.7 Å². The number of hydrogen-bond donors (Lipinski definition) is 0. The van der Waals surface area contributed by atoms with Crippen molar-refractivity contribution >= 4 is 0 Å². The zero-order valence-corrected chi connectivity index (χ0v) is 10.3. The largest absolute Gasteiger partial charge is 0.198 e. The van der Waals surface area contributed by atoms with E-state index in [-0.39, 0.29) is 11.8 Å². The second-order valence-corrected chi connectivity index (χ2v) is 4.81. The van der Waals surface area contributed by atoms with Crippen LogP contribution in [0.4, 0.5) is 0 Å². The van der Waals surface area contributed by atoms with E-state index in [1.807, 2.05) is 60.7 Å². The highest BCUT2D eigenvalue weighted by atomic mass is 14.7. The molecule has 1 aliphatic rings.